The molecule has 0 heterocycles. The SMILES string of the molecule is COc1ccc(NC(=O)CSc2ccc(NC(=O)/C(=C/c3ccc(OC)cc3OC)NC(=O)c3ccccc3)cc2)cc1. The molecule has 0 bridgehead atoms. The van der Waals surface area contributed by atoms with Crippen molar-refractivity contribution in [2.45, 2.75) is 4.90 Å². The van der Waals surface area contributed by atoms with Gasteiger partial charge in [-0.05, 0) is 78.9 Å². The van der Waals surface area contributed by atoms with E-state index >= 15 is 0 Å². The maximum Gasteiger partial charge on any atom is 0.272 e. The van der Waals surface area contributed by atoms with E-state index in [-0.39, 0.29) is 17.4 Å². The minimum Gasteiger partial charge on any atom is -0.497 e. The van der Waals surface area contributed by atoms with E-state index in [1.54, 1.807) is 117 Å². The molecule has 0 fully saturated rings. The van der Waals surface area contributed by atoms with Crippen molar-refractivity contribution >= 4 is 46.9 Å². The fourth-order valence-corrected chi connectivity index (χ4v) is 4.59. The Morgan fingerprint density at radius 1 is 0.721 bits per heavy atom. The van der Waals surface area contributed by atoms with E-state index in [9.17, 15) is 14.4 Å². The van der Waals surface area contributed by atoms with Gasteiger partial charge in [0.2, 0.25) is 5.91 Å². The van der Waals surface area contributed by atoms with Crippen LogP contribution in [0, 0.1) is 0 Å². The first-order valence-corrected chi connectivity index (χ1v) is 14.2. The van der Waals surface area contributed by atoms with Crippen LogP contribution >= 0.6 is 11.8 Å². The Balaban J connectivity index is 1.44. The zero-order valence-electron chi connectivity index (χ0n) is 23.9. The Bertz CT molecular complexity index is 1590. The number of methoxy groups -OCH3 is 3. The average molecular weight is 598 g/mol. The highest BCUT2D eigenvalue weighted by Gasteiger charge is 2.17. The van der Waals surface area contributed by atoms with E-state index < -0.39 is 11.8 Å². The maximum absolute atomic E-state index is 13.4. The Kier molecular flexibility index (Phi) is 10.8. The Morgan fingerprint density at radius 3 is 2.00 bits per heavy atom. The molecule has 43 heavy (non-hydrogen) atoms. The first-order valence-electron chi connectivity index (χ1n) is 13.2. The number of anilines is 2. The molecular weight excluding hydrogens is 566 g/mol. The van der Waals surface area contributed by atoms with Gasteiger partial charge in [-0.3, -0.25) is 14.4 Å². The van der Waals surface area contributed by atoms with Crippen LogP contribution in [0.1, 0.15) is 15.9 Å². The summed E-state index contributed by atoms with van der Waals surface area (Å²) in [7, 11) is 4.64. The molecule has 0 aromatic heterocycles. The molecule has 4 rings (SSSR count). The maximum atomic E-state index is 13.4. The van der Waals surface area contributed by atoms with Gasteiger partial charge in [0.05, 0.1) is 27.1 Å². The molecule has 220 valence electrons. The standard InChI is InChI=1S/C33H31N3O6S/c1-40-26-15-10-24(11-16-26)34-31(37)21-43-28-17-12-25(13-18-28)35-33(39)29(36-32(38)22-7-5-4-6-8-22)19-23-9-14-27(41-2)20-30(23)42-3/h4-20H,21H2,1-3H3,(H,34,37)(H,35,39)(H,36,38)/b29-19-. The predicted molar refractivity (Wildman–Crippen MR) is 169 cm³/mol. The minimum absolute atomic E-state index is 0.0194. The van der Waals surface area contributed by atoms with Gasteiger partial charge >= 0.3 is 0 Å². The number of nitrogens with one attached hydrogen (secondary N) is 3. The van der Waals surface area contributed by atoms with Crippen molar-refractivity contribution in [1.82, 2.24) is 5.32 Å². The summed E-state index contributed by atoms with van der Waals surface area (Å²) < 4.78 is 15.9. The van der Waals surface area contributed by atoms with Crippen LogP contribution in [0.15, 0.2) is 108 Å². The lowest BCUT2D eigenvalue weighted by molar-refractivity contribution is -0.114. The summed E-state index contributed by atoms with van der Waals surface area (Å²) in [5.41, 5.74) is 2.19. The number of ether oxygens (including phenoxy) is 3. The monoisotopic (exact) mass is 597 g/mol. The third-order valence-electron chi connectivity index (χ3n) is 6.13. The Hall–Kier alpha value is -5.22. The molecule has 0 unspecified atom stereocenters. The molecule has 0 saturated heterocycles. The van der Waals surface area contributed by atoms with Gasteiger partial charge < -0.3 is 30.2 Å². The highest BCUT2D eigenvalue weighted by atomic mass is 32.2. The number of benzene rings is 4. The van der Waals surface area contributed by atoms with E-state index in [2.05, 4.69) is 16.0 Å². The lowest BCUT2D eigenvalue weighted by atomic mass is 10.1. The van der Waals surface area contributed by atoms with Crippen LogP contribution in [0.3, 0.4) is 0 Å². The number of rotatable bonds is 12. The minimum atomic E-state index is -0.526. The Labute approximate surface area is 254 Å². The van der Waals surface area contributed by atoms with E-state index in [0.29, 0.717) is 39.8 Å². The third kappa shape index (κ3) is 8.88. The summed E-state index contributed by atoms with van der Waals surface area (Å²) >= 11 is 1.36. The highest BCUT2D eigenvalue weighted by molar-refractivity contribution is 8.00. The summed E-state index contributed by atoms with van der Waals surface area (Å²) in [5.74, 6) is 0.863. The van der Waals surface area contributed by atoms with Crippen molar-refractivity contribution in [3.63, 3.8) is 0 Å². The van der Waals surface area contributed by atoms with Gasteiger partial charge in [0.1, 0.15) is 22.9 Å². The van der Waals surface area contributed by atoms with Gasteiger partial charge in [0.25, 0.3) is 11.8 Å². The van der Waals surface area contributed by atoms with Gasteiger partial charge in [-0.25, -0.2) is 0 Å². The van der Waals surface area contributed by atoms with Gasteiger partial charge in [0.15, 0.2) is 0 Å². The van der Waals surface area contributed by atoms with Crippen molar-refractivity contribution in [2.75, 3.05) is 37.7 Å². The smallest absolute Gasteiger partial charge is 0.272 e. The van der Waals surface area contributed by atoms with Crippen LogP contribution in [0.4, 0.5) is 11.4 Å². The summed E-state index contributed by atoms with van der Waals surface area (Å²) in [6, 6.07) is 27.9. The highest BCUT2D eigenvalue weighted by Crippen LogP contribution is 2.27. The first kappa shape index (κ1) is 30.7. The molecule has 4 aromatic carbocycles. The zero-order chi connectivity index (χ0) is 30.6. The van der Waals surface area contributed by atoms with E-state index in [1.807, 2.05) is 0 Å². The Morgan fingerprint density at radius 2 is 1.35 bits per heavy atom. The van der Waals surface area contributed by atoms with E-state index in [0.717, 1.165) is 4.90 Å². The summed E-state index contributed by atoms with van der Waals surface area (Å²) in [5, 5.41) is 8.39. The molecule has 0 aliphatic carbocycles. The van der Waals surface area contributed by atoms with E-state index in [4.69, 9.17) is 14.2 Å². The number of hydrogen-bond acceptors (Lipinski definition) is 7. The molecule has 9 nitrogen and oxygen atoms in total. The summed E-state index contributed by atoms with van der Waals surface area (Å²) in [4.78, 5) is 39.6. The van der Waals surface area contributed by atoms with Crippen molar-refractivity contribution < 1.29 is 28.6 Å². The van der Waals surface area contributed by atoms with Crippen LogP contribution in [0.25, 0.3) is 6.08 Å². The van der Waals surface area contributed by atoms with Crippen LogP contribution in [-0.2, 0) is 9.59 Å². The molecule has 10 heteroatoms. The molecule has 0 radical (unpaired) electrons. The molecule has 0 aliphatic heterocycles. The van der Waals surface area contributed by atoms with Crippen LogP contribution in [-0.4, -0.2) is 44.8 Å². The van der Waals surface area contributed by atoms with Crippen molar-refractivity contribution in [3.8, 4) is 17.2 Å². The zero-order valence-corrected chi connectivity index (χ0v) is 24.7. The molecule has 0 saturated carbocycles. The molecule has 0 atom stereocenters. The van der Waals surface area contributed by atoms with Gasteiger partial charge in [-0.15, -0.1) is 11.8 Å². The molecule has 0 aliphatic rings. The average Bonchev–Trinajstić information content (AvgIpc) is 3.04. The second kappa shape index (κ2) is 15.1. The van der Waals surface area contributed by atoms with Crippen LogP contribution in [0.2, 0.25) is 0 Å². The van der Waals surface area contributed by atoms with Crippen molar-refractivity contribution in [1.29, 1.82) is 0 Å². The molecule has 3 N–H and O–H groups in total. The number of carbonyl (C=O) groups is 3. The van der Waals surface area contributed by atoms with Gasteiger partial charge in [-0.1, -0.05) is 18.2 Å². The quantitative estimate of drug-likeness (QED) is 0.139. The summed E-state index contributed by atoms with van der Waals surface area (Å²) in [6.07, 6.45) is 1.54. The molecular formula is C33H31N3O6S. The fourth-order valence-electron chi connectivity index (χ4n) is 3.89. The largest absolute Gasteiger partial charge is 0.497 e. The van der Waals surface area contributed by atoms with Crippen molar-refractivity contribution in [3.05, 3.63) is 114 Å². The van der Waals surface area contributed by atoms with Gasteiger partial charge in [0, 0.05) is 33.5 Å². The fraction of sp³-hybridized carbons (Fsp3) is 0.121. The molecule has 4 aromatic rings. The normalized spacial score (nSPS) is 10.8. The molecule has 3 amide bonds. The number of amides is 3. The molecule has 0 spiro atoms. The number of thioether (sulfide) groups is 1. The lowest BCUT2D eigenvalue weighted by Gasteiger charge is -2.13. The second-order valence-corrected chi connectivity index (χ2v) is 10.1. The second-order valence-electron chi connectivity index (χ2n) is 9.03. The first-order chi connectivity index (χ1) is 20.9. The third-order valence-corrected chi connectivity index (χ3v) is 7.14. The summed E-state index contributed by atoms with van der Waals surface area (Å²) in [6.45, 7) is 0. The van der Waals surface area contributed by atoms with Gasteiger partial charge in [-0.2, -0.15) is 0 Å². The number of carbonyl (C=O) groups excluding carboxylic acids is 3. The van der Waals surface area contributed by atoms with Crippen LogP contribution < -0.4 is 30.2 Å². The topological polar surface area (TPSA) is 115 Å². The van der Waals surface area contributed by atoms with Crippen LogP contribution in [0.5, 0.6) is 17.2 Å². The predicted octanol–water partition coefficient (Wildman–Crippen LogP) is 5.85. The van der Waals surface area contributed by atoms with E-state index in [1.165, 1.54) is 18.9 Å². The lowest BCUT2D eigenvalue weighted by Crippen LogP contribution is -2.30. The number of hydrogen-bond donors (Lipinski definition) is 3. The van der Waals surface area contributed by atoms with Crippen molar-refractivity contribution in [2.24, 2.45) is 0 Å².